The van der Waals surface area contributed by atoms with Gasteiger partial charge in [-0.05, 0) is 83.5 Å². The minimum absolute atomic E-state index is 0.0707. The lowest BCUT2D eigenvalue weighted by Gasteiger charge is -2.18. The number of rotatable bonds is 63. The molecule has 0 rings (SSSR count). The SMILES string of the molecule is CCCCCCC/C=C\C/C=C\C/C=C\CCCCCCCCCCCCCCC(=O)OCC(COC(=O)CCCCCCCCCCCCCCCCC)OC(=O)CCCCCCCCC/C=C\CCCCCCCC. The Morgan fingerprint density at radius 1 is 0.260 bits per heavy atom. The summed E-state index contributed by atoms with van der Waals surface area (Å²) in [6.07, 6.45) is 82.7. The molecule has 0 amide bonds. The van der Waals surface area contributed by atoms with E-state index >= 15 is 0 Å². The second-order valence-corrected chi connectivity index (χ2v) is 23.1. The number of esters is 3. The molecule has 6 nitrogen and oxygen atoms in total. The van der Waals surface area contributed by atoms with E-state index in [0.29, 0.717) is 19.3 Å². The van der Waals surface area contributed by atoms with Gasteiger partial charge in [-0.2, -0.15) is 0 Å². The third-order valence-corrected chi connectivity index (χ3v) is 15.3. The van der Waals surface area contributed by atoms with Crippen LogP contribution >= 0.6 is 0 Å². The van der Waals surface area contributed by atoms with Gasteiger partial charge in [0.25, 0.3) is 0 Å². The lowest BCUT2D eigenvalue weighted by atomic mass is 10.0. The molecule has 0 saturated carbocycles. The van der Waals surface area contributed by atoms with Crippen molar-refractivity contribution < 1.29 is 28.6 Å². The zero-order valence-electron chi connectivity index (χ0n) is 51.7. The van der Waals surface area contributed by atoms with Crippen molar-refractivity contribution in [2.24, 2.45) is 0 Å². The van der Waals surface area contributed by atoms with Gasteiger partial charge in [-0.15, -0.1) is 0 Å². The second-order valence-electron chi connectivity index (χ2n) is 23.1. The molecule has 0 heterocycles. The maximum atomic E-state index is 12.9. The van der Waals surface area contributed by atoms with Gasteiger partial charge >= 0.3 is 17.9 Å². The fourth-order valence-electron chi connectivity index (χ4n) is 10.2. The van der Waals surface area contributed by atoms with Crippen LogP contribution in [0.25, 0.3) is 0 Å². The molecule has 1 atom stereocenters. The molecule has 1 unspecified atom stereocenters. The highest BCUT2D eigenvalue weighted by molar-refractivity contribution is 5.71. The van der Waals surface area contributed by atoms with E-state index in [4.69, 9.17) is 14.2 Å². The predicted octanol–water partition coefficient (Wildman–Crippen LogP) is 23.3. The van der Waals surface area contributed by atoms with Gasteiger partial charge in [0.2, 0.25) is 0 Å². The number of ether oxygens (including phenoxy) is 3. The third kappa shape index (κ3) is 64.1. The Kier molecular flexibility index (Phi) is 63.6. The van der Waals surface area contributed by atoms with Crippen LogP contribution in [-0.4, -0.2) is 37.2 Å². The summed E-state index contributed by atoms with van der Waals surface area (Å²) in [6.45, 7) is 6.68. The smallest absolute Gasteiger partial charge is 0.306 e. The molecule has 0 fully saturated rings. The van der Waals surface area contributed by atoms with Crippen LogP contribution in [0.4, 0.5) is 0 Å². The summed E-state index contributed by atoms with van der Waals surface area (Å²) in [4.78, 5) is 38.4. The molecule has 0 aromatic rings. The Hall–Kier alpha value is -2.63. The van der Waals surface area contributed by atoms with Crippen LogP contribution in [0.1, 0.15) is 367 Å². The van der Waals surface area contributed by atoms with E-state index in [2.05, 4.69) is 69.4 Å². The van der Waals surface area contributed by atoms with Crippen LogP contribution in [0.3, 0.4) is 0 Å². The van der Waals surface area contributed by atoms with Crippen molar-refractivity contribution in [2.45, 2.75) is 374 Å². The largest absolute Gasteiger partial charge is 0.462 e. The zero-order chi connectivity index (χ0) is 55.7. The van der Waals surface area contributed by atoms with Crippen LogP contribution in [-0.2, 0) is 28.6 Å². The summed E-state index contributed by atoms with van der Waals surface area (Å²) in [5.41, 5.74) is 0. The molecule has 0 bridgehead atoms. The van der Waals surface area contributed by atoms with E-state index in [9.17, 15) is 14.4 Å². The van der Waals surface area contributed by atoms with Crippen molar-refractivity contribution >= 4 is 17.9 Å². The Balaban J connectivity index is 4.27. The lowest BCUT2D eigenvalue weighted by Crippen LogP contribution is -2.30. The van der Waals surface area contributed by atoms with Gasteiger partial charge in [0.05, 0.1) is 0 Å². The Bertz CT molecular complexity index is 1330. The van der Waals surface area contributed by atoms with Crippen molar-refractivity contribution in [3.63, 3.8) is 0 Å². The highest BCUT2D eigenvalue weighted by Gasteiger charge is 2.19. The molecule has 6 heteroatoms. The Morgan fingerprint density at radius 3 is 0.740 bits per heavy atom. The molecule has 0 aliphatic rings. The van der Waals surface area contributed by atoms with E-state index < -0.39 is 6.10 Å². The van der Waals surface area contributed by atoms with Crippen LogP contribution in [0.5, 0.6) is 0 Å². The summed E-state index contributed by atoms with van der Waals surface area (Å²) in [7, 11) is 0. The lowest BCUT2D eigenvalue weighted by molar-refractivity contribution is -0.167. The summed E-state index contributed by atoms with van der Waals surface area (Å²) in [6, 6.07) is 0. The highest BCUT2D eigenvalue weighted by atomic mass is 16.6. The van der Waals surface area contributed by atoms with Crippen molar-refractivity contribution in [3.8, 4) is 0 Å². The van der Waals surface area contributed by atoms with E-state index in [1.165, 1.54) is 257 Å². The molecule has 0 N–H and O–H groups in total. The van der Waals surface area contributed by atoms with Gasteiger partial charge in [0.1, 0.15) is 13.2 Å². The highest BCUT2D eigenvalue weighted by Crippen LogP contribution is 2.17. The normalized spacial score (nSPS) is 12.3. The number of hydrogen-bond acceptors (Lipinski definition) is 6. The quantitative estimate of drug-likeness (QED) is 0.0261. The summed E-state index contributed by atoms with van der Waals surface area (Å²) >= 11 is 0. The van der Waals surface area contributed by atoms with Crippen LogP contribution in [0.15, 0.2) is 48.6 Å². The maximum absolute atomic E-state index is 12.9. The minimum atomic E-state index is -0.775. The number of unbranched alkanes of at least 4 members (excludes halogenated alkanes) is 44. The second kappa shape index (κ2) is 65.9. The molecule has 450 valence electrons. The van der Waals surface area contributed by atoms with Crippen molar-refractivity contribution in [1.29, 1.82) is 0 Å². The van der Waals surface area contributed by atoms with Gasteiger partial charge in [0, 0.05) is 19.3 Å². The zero-order valence-corrected chi connectivity index (χ0v) is 51.7. The first-order valence-corrected chi connectivity index (χ1v) is 34.1. The molecular weight excluding hydrogens is 949 g/mol. The number of allylic oxidation sites excluding steroid dienone is 8. The number of carbonyl (C=O) groups excluding carboxylic acids is 3. The molecule has 0 aromatic carbocycles. The molecular formula is C71H130O6. The first kappa shape index (κ1) is 74.4. The summed E-state index contributed by atoms with van der Waals surface area (Å²) in [5.74, 6) is -0.853. The van der Waals surface area contributed by atoms with Crippen LogP contribution < -0.4 is 0 Å². The van der Waals surface area contributed by atoms with Gasteiger partial charge in [-0.3, -0.25) is 14.4 Å². The Morgan fingerprint density at radius 2 is 0.468 bits per heavy atom. The fraction of sp³-hybridized carbons (Fsp3) is 0.845. The van der Waals surface area contributed by atoms with Crippen molar-refractivity contribution in [1.82, 2.24) is 0 Å². The van der Waals surface area contributed by atoms with Crippen molar-refractivity contribution in [2.75, 3.05) is 13.2 Å². The van der Waals surface area contributed by atoms with Crippen LogP contribution in [0, 0.1) is 0 Å². The van der Waals surface area contributed by atoms with Crippen LogP contribution in [0.2, 0.25) is 0 Å². The Labute approximate surface area is 479 Å². The molecule has 77 heavy (non-hydrogen) atoms. The molecule has 0 aliphatic carbocycles. The predicted molar refractivity (Wildman–Crippen MR) is 335 cm³/mol. The van der Waals surface area contributed by atoms with E-state index in [-0.39, 0.29) is 31.1 Å². The fourth-order valence-corrected chi connectivity index (χ4v) is 10.2. The molecule has 0 aromatic heterocycles. The van der Waals surface area contributed by atoms with Gasteiger partial charge in [-0.25, -0.2) is 0 Å². The number of carbonyl (C=O) groups is 3. The van der Waals surface area contributed by atoms with Crippen molar-refractivity contribution in [3.05, 3.63) is 48.6 Å². The first-order chi connectivity index (χ1) is 38.0. The molecule has 0 saturated heterocycles. The average Bonchev–Trinajstić information content (AvgIpc) is 3.43. The standard InChI is InChI=1S/C71H130O6/c1-4-7-10-13-16-19-22-25-28-30-31-32-33-34-35-36-37-38-39-41-43-46-49-52-55-58-61-64-70(73)76-67-68(66-75-69(72)63-60-57-54-51-48-45-42-27-24-21-18-15-12-9-6-3)77-71(74)65-62-59-56-53-50-47-44-40-29-26-23-20-17-14-11-8-5-2/h22,25-26,29-31,33-34,68H,4-21,23-24,27-28,32,35-67H2,1-3H3/b25-22-,29-26-,31-30-,34-33-. The monoisotopic (exact) mass is 1080 g/mol. The molecule has 0 radical (unpaired) electrons. The van der Waals surface area contributed by atoms with Gasteiger partial charge < -0.3 is 14.2 Å². The topological polar surface area (TPSA) is 78.9 Å². The van der Waals surface area contributed by atoms with Gasteiger partial charge in [-0.1, -0.05) is 313 Å². The third-order valence-electron chi connectivity index (χ3n) is 15.3. The van der Waals surface area contributed by atoms with E-state index in [1.807, 2.05) is 0 Å². The molecule has 0 spiro atoms. The van der Waals surface area contributed by atoms with E-state index in [1.54, 1.807) is 0 Å². The summed E-state index contributed by atoms with van der Waals surface area (Å²) in [5, 5.41) is 0. The minimum Gasteiger partial charge on any atom is -0.462 e. The average molecular weight is 1080 g/mol. The van der Waals surface area contributed by atoms with Gasteiger partial charge in [0.15, 0.2) is 6.10 Å². The number of hydrogen-bond donors (Lipinski definition) is 0. The molecule has 0 aliphatic heterocycles. The summed E-state index contributed by atoms with van der Waals surface area (Å²) < 4.78 is 17.0. The van der Waals surface area contributed by atoms with E-state index in [0.717, 1.165) is 70.6 Å². The maximum Gasteiger partial charge on any atom is 0.306 e. The first-order valence-electron chi connectivity index (χ1n) is 34.1.